The molecule has 136 valence electrons. The molecule has 3 rings (SSSR count). The predicted molar refractivity (Wildman–Crippen MR) is 103 cm³/mol. The topological polar surface area (TPSA) is 58.2 Å². The van der Waals surface area contributed by atoms with Gasteiger partial charge in [-0.05, 0) is 39.8 Å². The van der Waals surface area contributed by atoms with E-state index in [0.29, 0.717) is 11.4 Å². The maximum atomic E-state index is 12.5. The van der Waals surface area contributed by atoms with Crippen LogP contribution in [0.2, 0.25) is 0 Å². The normalized spacial score (nSPS) is 14.0. The van der Waals surface area contributed by atoms with Gasteiger partial charge < -0.3 is 5.32 Å². The summed E-state index contributed by atoms with van der Waals surface area (Å²) >= 11 is 0. The van der Waals surface area contributed by atoms with Gasteiger partial charge in [-0.2, -0.15) is 0 Å². The maximum absolute atomic E-state index is 12.5. The molecule has 0 aliphatic carbocycles. The molecule has 0 amide bonds. The quantitative estimate of drug-likeness (QED) is 0.853. The average molecular weight is 381 g/mol. The second-order valence-electron chi connectivity index (χ2n) is 7.31. The number of fused-ring (bicyclic) bond motifs is 1. The number of sulfonamides is 1. The van der Waals surface area contributed by atoms with Gasteiger partial charge in [-0.25, -0.2) is 13.1 Å². The molecule has 2 N–H and O–H groups in total. The lowest BCUT2D eigenvalue weighted by molar-refractivity contribution is 0.578. The average Bonchev–Trinajstić information content (AvgIpc) is 3.00. The minimum atomic E-state index is -3.50. The molecule has 1 aliphatic heterocycles. The first kappa shape index (κ1) is 19.9. The first-order valence-corrected chi connectivity index (χ1v) is 9.66. The van der Waals surface area contributed by atoms with Gasteiger partial charge in [-0.3, -0.25) is 0 Å². The van der Waals surface area contributed by atoms with E-state index in [4.69, 9.17) is 0 Å². The molecule has 0 saturated carbocycles. The van der Waals surface area contributed by atoms with E-state index in [-0.39, 0.29) is 17.8 Å². The molecular weight excluding hydrogens is 356 g/mol. The van der Waals surface area contributed by atoms with Gasteiger partial charge in [0.2, 0.25) is 10.0 Å². The summed E-state index contributed by atoms with van der Waals surface area (Å²) in [4.78, 5) is 0.304. The molecule has 0 radical (unpaired) electrons. The van der Waals surface area contributed by atoms with E-state index < -0.39 is 10.0 Å². The molecular formula is C19H25ClN2O2S. The molecule has 0 atom stereocenters. The number of hydrogen-bond acceptors (Lipinski definition) is 3. The van der Waals surface area contributed by atoms with E-state index in [0.717, 1.165) is 24.2 Å². The van der Waals surface area contributed by atoms with Crippen molar-refractivity contribution in [3.05, 3.63) is 64.7 Å². The Morgan fingerprint density at radius 3 is 2.28 bits per heavy atom. The molecule has 0 bridgehead atoms. The van der Waals surface area contributed by atoms with Crippen LogP contribution in [0.3, 0.4) is 0 Å². The van der Waals surface area contributed by atoms with Crippen LogP contribution in [0.25, 0.3) is 0 Å². The third-order valence-electron chi connectivity index (χ3n) is 4.40. The molecule has 2 aromatic carbocycles. The third kappa shape index (κ3) is 4.61. The van der Waals surface area contributed by atoms with Crippen molar-refractivity contribution in [2.24, 2.45) is 0 Å². The number of halogens is 1. The van der Waals surface area contributed by atoms with E-state index >= 15 is 0 Å². The van der Waals surface area contributed by atoms with Gasteiger partial charge in [0, 0.05) is 19.6 Å². The Bertz CT molecular complexity index is 841. The standard InChI is InChI=1S/C19H24N2O2S.ClH/c1-19(2,3)17-6-8-18(9-7-17)24(22,23)21-11-14-4-5-15-12-20-13-16(15)10-14;/h4-10,20-21H,11-13H2,1-3H3;1H. The summed E-state index contributed by atoms with van der Waals surface area (Å²) in [5, 5.41) is 3.29. The summed E-state index contributed by atoms with van der Waals surface area (Å²) in [6, 6.07) is 13.2. The van der Waals surface area contributed by atoms with E-state index in [1.807, 2.05) is 18.2 Å². The van der Waals surface area contributed by atoms with Crippen molar-refractivity contribution in [3.8, 4) is 0 Å². The summed E-state index contributed by atoms with van der Waals surface area (Å²) in [6.07, 6.45) is 0. The molecule has 6 heteroatoms. The third-order valence-corrected chi connectivity index (χ3v) is 5.82. The van der Waals surface area contributed by atoms with Crippen LogP contribution in [0.15, 0.2) is 47.4 Å². The van der Waals surface area contributed by atoms with Crippen molar-refractivity contribution in [3.63, 3.8) is 0 Å². The van der Waals surface area contributed by atoms with Crippen molar-refractivity contribution in [1.29, 1.82) is 0 Å². The lowest BCUT2D eigenvalue weighted by Gasteiger charge is -2.19. The lowest BCUT2D eigenvalue weighted by Crippen LogP contribution is -2.23. The fourth-order valence-corrected chi connectivity index (χ4v) is 3.87. The fourth-order valence-electron chi connectivity index (χ4n) is 2.85. The molecule has 0 saturated heterocycles. The minimum Gasteiger partial charge on any atom is -0.309 e. The Balaban J connectivity index is 0.00000225. The molecule has 1 aliphatic rings. The molecule has 0 aromatic heterocycles. The van der Waals surface area contributed by atoms with E-state index in [9.17, 15) is 8.42 Å². The summed E-state index contributed by atoms with van der Waals surface area (Å²) in [6.45, 7) is 8.37. The van der Waals surface area contributed by atoms with Crippen LogP contribution < -0.4 is 10.0 Å². The van der Waals surface area contributed by atoms with E-state index in [1.54, 1.807) is 12.1 Å². The minimum absolute atomic E-state index is 0. The zero-order valence-electron chi connectivity index (χ0n) is 14.8. The largest absolute Gasteiger partial charge is 0.309 e. The maximum Gasteiger partial charge on any atom is 0.240 e. The summed E-state index contributed by atoms with van der Waals surface area (Å²) in [5.41, 5.74) is 4.65. The van der Waals surface area contributed by atoms with Crippen LogP contribution in [-0.4, -0.2) is 8.42 Å². The molecule has 25 heavy (non-hydrogen) atoms. The highest BCUT2D eigenvalue weighted by Crippen LogP contribution is 2.23. The summed E-state index contributed by atoms with van der Waals surface area (Å²) in [5.74, 6) is 0. The number of hydrogen-bond donors (Lipinski definition) is 2. The highest BCUT2D eigenvalue weighted by atomic mass is 35.5. The van der Waals surface area contributed by atoms with Gasteiger partial charge >= 0.3 is 0 Å². The number of nitrogens with one attached hydrogen (secondary N) is 2. The lowest BCUT2D eigenvalue weighted by atomic mass is 9.87. The van der Waals surface area contributed by atoms with Gasteiger partial charge in [0.15, 0.2) is 0 Å². The van der Waals surface area contributed by atoms with Crippen LogP contribution >= 0.6 is 12.4 Å². The smallest absolute Gasteiger partial charge is 0.240 e. The van der Waals surface area contributed by atoms with Gasteiger partial charge in [0.1, 0.15) is 0 Å². The molecule has 4 nitrogen and oxygen atoms in total. The Labute approximate surface area is 156 Å². The Morgan fingerprint density at radius 2 is 1.64 bits per heavy atom. The van der Waals surface area contributed by atoms with Gasteiger partial charge in [-0.15, -0.1) is 12.4 Å². The molecule has 1 heterocycles. The zero-order valence-corrected chi connectivity index (χ0v) is 16.4. The molecule has 2 aromatic rings. The van der Waals surface area contributed by atoms with Crippen LogP contribution in [0.1, 0.15) is 43.0 Å². The van der Waals surface area contributed by atoms with Gasteiger partial charge in [-0.1, -0.05) is 51.1 Å². The van der Waals surface area contributed by atoms with E-state index in [1.165, 1.54) is 11.1 Å². The number of benzene rings is 2. The Morgan fingerprint density at radius 1 is 1.00 bits per heavy atom. The Kier molecular flexibility index (Phi) is 5.94. The second-order valence-corrected chi connectivity index (χ2v) is 9.07. The molecule has 0 spiro atoms. The van der Waals surface area contributed by atoms with Crippen LogP contribution in [0, 0.1) is 0 Å². The predicted octanol–water partition coefficient (Wildman–Crippen LogP) is 3.49. The Hall–Kier alpha value is -1.40. The van der Waals surface area contributed by atoms with Crippen LogP contribution in [0.4, 0.5) is 0 Å². The van der Waals surface area contributed by atoms with Crippen molar-refractivity contribution < 1.29 is 8.42 Å². The van der Waals surface area contributed by atoms with Crippen molar-refractivity contribution in [2.45, 2.75) is 50.7 Å². The summed E-state index contributed by atoms with van der Waals surface area (Å²) < 4.78 is 27.6. The highest BCUT2D eigenvalue weighted by Gasteiger charge is 2.18. The van der Waals surface area contributed by atoms with E-state index in [2.05, 4.69) is 42.9 Å². The van der Waals surface area contributed by atoms with Crippen LogP contribution in [0.5, 0.6) is 0 Å². The number of rotatable bonds is 4. The second kappa shape index (κ2) is 7.46. The first-order chi connectivity index (χ1) is 11.3. The van der Waals surface area contributed by atoms with Gasteiger partial charge in [0.25, 0.3) is 0 Å². The summed E-state index contributed by atoms with van der Waals surface area (Å²) in [7, 11) is -3.50. The van der Waals surface area contributed by atoms with Crippen molar-refractivity contribution in [2.75, 3.05) is 0 Å². The zero-order chi connectivity index (χ0) is 17.4. The SMILES string of the molecule is CC(C)(C)c1ccc(S(=O)(=O)NCc2ccc3c(c2)CNC3)cc1.Cl. The first-order valence-electron chi connectivity index (χ1n) is 8.17. The monoisotopic (exact) mass is 380 g/mol. The molecule has 0 unspecified atom stereocenters. The highest BCUT2D eigenvalue weighted by molar-refractivity contribution is 7.89. The van der Waals surface area contributed by atoms with Crippen LogP contribution in [-0.2, 0) is 35.1 Å². The fraction of sp³-hybridized carbons (Fsp3) is 0.368. The van der Waals surface area contributed by atoms with Crippen molar-refractivity contribution >= 4 is 22.4 Å². The van der Waals surface area contributed by atoms with Crippen molar-refractivity contribution in [1.82, 2.24) is 10.0 Å². The van der Waals surface area contributed by atoms with Gasteiger partial charge in [0.05, 0.1) is 4.90 Å². The molecule has 0 fully saturated rings.